The molecule has 0 amide bonds. The van der Waals surface area contributed by atoms with Gasteiger partial charge in [-0.2, -0.15) is 5.10 Å². The van der Waals surface area contributed by atoms with Gasteiger partial charge in [0.15, 0.2) is 0 Å². The highest BCUT2D eigenvalue weighted by Crippen LogP contribution is 2.43. The number of halogens is 1. The number of carbonyl (C=O) groups is 1. The molecule has 1 aliphatic heterocycles. The Morgan fingerprint density at radius 3 is 2.55 bits per heavy atom. The van der Waals surface area contributed by atoms with Crippen molar-refractivity contribution >= 4 is 39.7 Å². The Labute approximate surface area is 264 Å². The lowest BCUT2D eigenvalue weighted by molar-refractivity contribution is 0.0523. The van der Waals surface area contributed by atoms with Gasteiger partial charge in [0, 0.05) is 55.2 Å². The van der Waals surface area contributed by atoms with Crippen LogP contribution in [0.2, 0.25) is 5.02 Å². The first-order chi connectivity index (χ1) is 21.2. The monoisotopic (exact) mass is 612 g/mol. The molecule has 2 aliphatic rings. The molecule has 0 radical (unpaired) electrons. The van der Waals surface area contributed by atoms with Gasteiger partial charge in [-0.15, -0.1) is 0 Å². The number of piperazine rings is 1. The van der Waals surface area contributed by atoms with Crippen LogP contribution in [0.15, 0.2) is 66.2 Å². The average Bonchev–Trinajstić information content (AvgIpc) is 3.40. The zero-order chi connectivity index (χ0) is 30.8. The summed E-state index contributed by atoms with van der Waals surface area (Å²) >= 11 is 6.21. The van der Waals surface area contributed by atoms with Crippen LogP contribution in [-0.2, 0) is 4.74 Å². The van der Waals surface area contributed by atoms with Gasteiger partial charge in [-0.1, -0.05) is 49.2 Å². The second-order valence-electron chi connectivity index (χ2n) is 12.7. The minimum absolute atomic E-state index is 0.298. The van der Waals surface area contributed by atoms with Crippen molar-refractivity contribution in [1.29, 1.82) is 0 Å². The van der Waals surface area contributed by atoms with E-state index in [1.807, 2.05) is 62.4 Å². The van der Waals surface area contributed by atoms with E-state index < -0.39 is 5.97 Å². The molecule has 2 heterocycles. The van der Waals surface area contributed by atoms with Crippen molar-refractivity contribution in [1.82, 2.24) is 15.1 Å². The maximum Gasteiger partial charge on any atom is 0.341 e. The van der Waals surface area contributed by atoms with Gasteiger partial charge in [0.2, 0.25) is 0 Å². The number of allylic oxidation sites excluding steroid dienone is 1. The lowest BCUT2D eigenvalue weighted by Crippen LogP contribution is -2.47. The molecule has 1 fully saturated rings. The van der Waals surface area contributed by atoms with Crippen molar-refractivity contribution in [3.05, 3.63) is 88.1 Å². The molecule has 230 valence electrons. The van der Waals surface area contributed by atoms with E-state index in [-0.39, 0.29) is 0 Å². The molecule has 3 aromatic carbocycles. The fraction of sp³-hybridized carbons (Fsp3) is 0.389. The Morgan fingerprint density at radius 2 is 1.80 bits per heavy atom. The van der Waals surface area contributed by atoms with Crippen LogP contribution in [0.4, 0.5) is 5.69 Å². The highest BCUT2D eigenvalue weighted by atomic mass is 35.5. The van der Waals surface area contributed by atoms with Crippen LogP contribution in [0.5, 0.6) is 11.5 Å². The molecular weight excluding hydrogens is 572 g/mol. The zero-order valence-electron chi connectivity index (χ0n) is 26.1. The zero-order valence-corrected chi connectivity index (χ0v) is 26.8. The molecule has 4 aromatic rings. The molecule has 0 saturated carbocycles. The number of carbonyl (C=O) groups excluding carboxylic acids is 1. The lowest BCUT2D eigenvalue weighted by atomic mass is 9.72. The summed E-state index contributed by atoms with van der Waals surface area (Å²) in [6.45, 7) is 13.5. The molecule has 1 aromatic heterocycles. The van der Waals surface area contributed by atoms with E-state index in [9.17, 15) is 4.79 Å². The highest BCUT2D eigenvalue weighted by Gasteiger charge is 2.29. The average molecular weight is 613 g/mol. The van der Waals surface area contributed by atoms with Gasteiger partial charge in [-0.05, 0) is 86.1 Å². The second kappa shape index (κ2) is 12.7. The van der Waals surface area contributed by atoms with Gasteiger partial charge < -0.3 is 14.4 Å². The van der Waals surface area contributed by atoms with Crippen LogP contribution < -0.4 is 9.64 Å². The normalized spacial score (nSPS) is 17.2. The molecule has 0 unspecified atom stereocenters. The first-order valence-electron chi connectivity index (χ1n) is 15.6. The minimum atomic E-state index is -0.393. The molecule has 1 saturated heterocycles. The van der Waals surface area contributed by atoms with Gasteiger partial charge in [-0.3, -0.25) is 10.00 Å². The van der Waals surface area contributed by atoms with Gasteiger partial charge in [0.1, 0.15) is 17.1 Å². The van der Waals surface area contributed by atoms with Crippen molar-refractivity contribution in [3.63, 3.8) is 0 Å². The van der Waals surface area contributed by atoms with E-state index in [0.29, 0.717) is 29.1 Å². The van der Waals surface area contributed by atoms with Gasteiger partial charge in [0.05, 0.1) is 17.5 Å². The molecule has 1 N–H and O–H groups in total. The number of hydrogen-bond acceptors (Lipinski definition) is 6. The van der Waals surface area contributed by atoms with E-state index in [4.69, 9.17) is 21.1 Å². The van der Waals surface area contributed by atoms with E-state index in [0.717, 1.165) is 72.9 Å². The topological polar surface area (TPSA) is 70.7 Å². The largest absolute Gasteiger partial charge is 0.462 e. The first kappa shape index (κ1) is 30.2. The third-order valence-electron chi connectivity index (χ3n) is 8.93. The number of nitrogens with zero attached hydrogens (tertiary/aromatic N) is 3. The van der Waals surface area contributed by atoms with Crippen LogP contribution in [0.3, 0.4) is 0 Å². The molecule has 8 heteroatoms. The number of anilines is 1. The summed E-state index contributed by atoms with van der Waals surface area (Å²) in [5.41, 5.74) is 7.81. The van der Waals surface area contributed by atoms with Crippen molar-refractivity contribution < 1.29 is 14.3 Å². The number of ether oxygens (including phenoxy) is 2. The van der Waals surface area contributed by atoms with Crippen molar-refractivity contribution in [2.24, 2.45) is 5.41 Å². The maximum atomic E-state index is 12.9. The fourth-order valence-corrected chi connectivity index (χ4v) is 6.59. The summed E-state index contributed by atoms with van der Waals surface area (Å²) in [6.07, 6.45) is 3.43. The maximum absolute atomic E-state index is 12.9. The van der Waals surface area contributed by atoms with Gasteiger partial charge >= 0.3 is 5.97 Å². The molecule has 0 spiro atoms. The van der Waals surface area contributed by atoms with Gasteiger partial charge in [-0.25, -0.2) is 4.79 Å². The predicted octanol–water partition coefficient (Wildman–Crippen LogP) is 8.28. The molecule has 0 atom stereocenters. The van der Waals surface area contributed by atoms with E-state index in [1.54, 1.807) is 5.57 Å². The number of aromatic amines is 1. The Bertz CT molecular complexity index is 1680. The van der Waals surface area contributed by atoms with E-state index >= 15 is 0 Å². The Hall–Kier alpha value is -3.81. The molecule has 1 aliphatic carbocycles. The number of aromatic nitrogens is 2. The highest BCUT2D eigenvalue weighted by molar-refractivity contribution is 6.30. The fourth-order valence-electron chi connectivity index (χ4n) is 6.46. The second-order valence-corrected chi connectivity index (χ2v) is 13.1. The van der Waals surface area contributed by atoms with Gasteiger partial charge in [0.25, 0.3) is 0 Å². The van der Waals surface area contributed by atoms with E-state index in [2.05, 4.69) is 46.0 Å². The number of hydrogen-bond donors (Lipinski definition) is 1. The quantitative estimate of drug-likeness (QED) is 0.202. The predicted molar refractivity (Wildman–Crippen MR) is 178 cm³/mol. The van der Waals surface area contributed by atoms with E-state index in [1.165, 1.54) is 17.6 Å². The van der Waals surface area contributed by atoms with Crippen LogP contribution in [0.25, 0.3) is 16.5 Å². The number of benzene rings is 3. The van der Waals surface area contributed by atoms with Crippen LogP contribution in [0.1, 0.15) is 61.6 Å². The van der Waals surface area contributed by atoms with Crippen molar-refractivity contribution in [3.8, 4) is 11.5 Å². The minimum Gasteiger partial charge on any atom is -0.462 e. The Morgan fingerprint density at radius 1 is 1.02 bits per heavy atom. The summed E-state index contributed by atoms with van der Waals surface area (Å²) in [4.78, 5) is 17.8. The number of esters is 1. The number of nitrogens with one attached hydrogen (secondary N) is 1. The molecule has 44 heavy (non-hydrogen) atoms. The Balaban J connectivity index is 1.20. The smallest absolute Gasteiger partial charge is 0.341 e. The summed E-state index contributed by atoms with van der Waals surface area (Å²) in [7, 11) is 0. The third kappa shape index (κ3) is 6.49. The Kier molecular flexibility index (Phi) is 8.70. The number of fused-ring (bicyclic) bond motifs is 1. The molecule has 0 bridgehead atoms. The number of H-pyrrole nitrogens is 1. The SMILES string of the molecule is CCOC(=O)c1ccc(N2CCN(CC3=C(c4ccc(Cl)cc4)CC(C)(C)CC3)CC2)cc1Oc1cccc2n[nH]c(C)c12. The van der Waals surface area contributed by atoms with Crippen molar-refractivity contribution in [2.75, 3.05) is 44.2 Å². The number of rotatable bonds is 8. The summed E-state index contributed by atoms with van der Waals surface area (Å²) in [5, 5.41) is 9.07. The molecule has 7 nitrogen and oxygen atoms in total. The summed E-state index contributed by atoms with van der Waals surface area (Å²) < 4.78 is 11.8. The van der Waals surface area contributed by atoms with Crippen LogP contribution in [-0.4, -0.2) is 60.4 Å². The molecule has 6 rings (SSSR count). The standard InChI is InChI=1S/C36H41ClN4O3/c1-5-43-35(42)29-14-13-28(21-33(29)44-32-8-6-7-31-34(32)24(2)38-39-31)41-19-17-40(18-20-41)23-26-15-16-36(3,4)22-30(26)25-9-11-27(37)12-10-25/h6-14,21H,5,15-20,22-23H2,1-4H3,(H,38,39). The van der Waals surface area contributed by atoms with Crippen LogP contribution in [0, 0.1) is 12.3 Å². The third-order valence-corrected chi connectivity index (χ3v) is 9.19. The summed E-state index contributed by atoms with van der Waals surface area (Å²) in [5.74, 6) is 0.746. The lowest BCUT2D eigenvalue weighted by Gasteiger charge is -2.39. The summed E-state index contributed by atoms with van der Waals surface area (Å²) in [6, 6.07) is 19.9. The van der Waals surface area contributed by atoms with Crippen molar-refractivity contribution in [2.45, 2.75) is 47.0 Å². The first-order valence-corrected chi connectivity index (χ1v) is 16.0. The molecular formula is C36H41ClN4O3. The number of aryl methyl sites for hydroxylation is 1. The van der Waals surface area contributed by atoms with Crippen LogP contribution >= 0.6 is 11.6 Å².